The van der Waals surface area contributed by atoms with E-state index in [2.05, 4.69) is 47.9 Å². The van der Waals surface area contributed by atoms with Gasteiger partial charge in [0.05, 0.1) is 24.0 Å². The number of rotatable bonds is 7. The van der Waals surface area contributed by atoms with Crippen LogP contribution in [0.4, 0.5) is 13.2 Å². The van der Waals surface area contributed by atoms with E-state index in [-0.39, 0.29) is 17.2 Å². The average Bonchev–Trinajstić information content (AvgIpc) is 3.57. The molecule has 2 aliphatic rings. The standard InChI is InChI=1S/C22H32N4O2S.C2HF3O2/c1-16(2)26-12-19(23-15-26)18-11-24(13-20-17(3)5-10-29-20)14-22(18)6-7-25(21(22)27)8-9-28-4;3-2(4,5)1(6)7/h5,10,12,15-16,18H,6-9,11,13-14H2,1-4H3;(H,6,7). The highest BCUT2D eigenvalue weighted by Crippen LogP contribution is 2.50. The number of hydrogen-bond acceptors (Lipinski definition) is 6. The monoisotopic (exact) mass is 530 g/mol. The first-order chi connectivity index (χ1) is 16.9. The van der Waals surface area contributed by atoms with Crippen LogP contribution in [0.25, 0.3) is 0 Å². The van der Waals surface area contributed by atoms with Gasteiger partial charge in [-0.1, -0.05) is 0 Å². The fraction of sp³-hybridized carbons (Fsp3) is 0.625. The lowest BCUT2D eigenvalue weighted by Crippen LogP contribution is -2.40. The van der Waals surface area contributed by atoms with Crippen LogP contribution in [0.15, 0.2) is 24.0 Å². The second-order valence-corrected chi connectivity index (χ2v) is 10.6. The number of aryl methyl sites for hydroxylation is 1. The van der Waals surface area contributed by atoms with Gasteiger partial charge in [-0.05, 0) is 44.2 Å². The Labute approximate surface area is 212 Å². The number of carbonyl (C=O) groups is 2. The fourth-order valence-electron chi connectivity index (χ4n) is 4.83. The number of amides is 1. The van der Waals surface area contributed by atoms with E-state index in [0.717, 1.165) is 38.3 Å². The molecule has 1 spiro atoms. The van der Waals surface area contributed by atoms with Gasteiger partial charge in [-0.15, -0.1) is 11.3 Å². The molecule has 0 aromatic carbocycles. The van der Waals surface area contributed by atoms with Crippen LogP contribution in [0.3, 0.4) is 0 Å². The van der Waals surface area contributed by atoms with Crippen LogP contribution in [-0.4, -0.2) is 82.4 Å². The molecule has 0 radical (unpaired) electrons. The summed E-state index contributed by atoms with van der Waals surface area (Å²) >= 11 is 1.81. The maximum Gasteiger partial charge on any atom is 0.490 e. The van der Waals surface area contributed by atoms with E-state index in [1.54, 1.807) is 7.11 Å². The minimum atomic E-state index is -5.08. The third kappa shape index (κ3) is 6.09. The van der Waals surface area contributed by atoms with Crippen molar-refractivity contribution in [1.29, 1.82) is 0 Å². The molecule has 2 saturated heterocycles. The molecule has 12 heteroatoms. The summed E-state index contributed by atoms with van der Waals surface area (Å²) < 4.78 is 39.1. The van der Waals surface area contributed by atoms with E-state index >= 15 is 0 Å². The molecule has 1 amide bonds. The first-order valence-electron chi connectivity index (χ1n) is 11.8. The highest BCUT2D eigenvalue weighted by Gasteiger charge is 2.57. The van der Waals surface area contributed by atoms with Crippen molar-refractivity contribution < 1.29 is 32.6 Å². The summed E-state index contributed by atoms with van der Waals surface area (Å²) in [6.45, 7) is 11.2. The van der Waals surface area contributed by atoms with Crippen LogP contribution >= 0.6 is 11.3 Å². The lowest BCUT2D eigenvalue weighted by atomic mass is 9.75. The fourth-order valence-corrected chi connectivity index (χ4v) is 5.78. The molecule has 0 aliphatic carbocycles. The number of aliphatic carboxylic acids is 1. The minimum absolute atomic E-state index is 0.141. The SMILES string of the molecule is COCCN1CCC2(CN(Cc3sccc3C)CC2c2cn(C(C)C)cn2)C1=O.O=C(O)C(F)(F)F. The predicted molar refractivity (Wildman–Crippen MR) is 129 cm³/mol. The Bertz CT molecular complexity index is 1050. The summed E-state index contributed by atoms with van der Waals surface area (Å²) in [5, 5.41) is 9.28. The number of hydrogen-bond donors (Lipinski definition) is 1. The smallest absolute Gasteiger partial charge is 0.475 e. The van der Waals surface area contributed by atoms with E-state index in [1.807, 2.05) is 22.6 Å². The second-order valence-electron chi connectivity index (χ2n) is 9.58. The Morgan fingerprint density at radius 1 is 1.39 bits per heavy atom. The molecular formula is C24H33F3N4O4S. The minimum Gasteiger partial charge on any atom is -0.475 e. The highest BCUT2D eigenvalue weighted by molar-refractivity contribution is 7.10. The first kappa shape index (κ1) is 28.1. The van der Waals surface area contributed by atoms with Crippen molar-refractivity contribution in [2.45, 2.75) is 51.9 Å². The van der Waals surface area contributed by atoms with Crippen LogP contribution in [0, 0.1) is 12.3 Å². The normalized spacial score (nSPS) is 22.5. The molecule has 1 N–H and O–H groups in total. The largest absolute Gasteiger partial charge is 0.490 e. The maximum absolute atomic E-state index is 13.6. The van der Waals surface area contributed by atoms with Crippen LogP contribution < -0.4 is 0 Å². The maximum atomic E-state index is 13.6. The summed E-state index contributed by atoms with van der Waals surface area (Å²) in [7, 11) is 1.69. The molecule has 0 bridgehead atoms. The van der Waals surface area contributed by atoms with Gasteiger partial charge in [0.25, 0.3) is 0 Å². The number of likely N-dealkylation sites (tertiary alicyclic amines) is 2. The number of carboxylic acid groups (broad SMARTS) is 1. The Kier molecular flexibility index (Phi) is 8.84. The molecule has 0 saturated carbocycles. The lowest BCUT2D eigenvalue weighted by Gasteiger charge is -2.28. The topological polar surface area (TPSA) is 87.9 Å². The first-order valence-corrected chi connectivity index (χ1v) is 12.6. The molecule has 2 aromatic rings. The molecule has 200 valence electrons. The van der Waals surface area contributed by atoms with E-state index in [1.165, 1.54) is 10.4 Å². The summed E-state index contributed by atoms with van der Waals surface area (Å²) in [4.78, 5) is 33.1. The Hall–Kier alpha value is -2.44. The molecule has 2 unspecified atom stereocenters. The Morgan fingerprint density at radius 2 is 2.08 bits per heavy atom. The van der Waals surface area contributed by atoms with Gasteiger partial charge in [0.2, 0.25) is 5.91 Å². The average molecular weight is 531 g/mol. The molecule has 2 atom stereocenters. The van der Waals surface area contributed by atoms with Crippen molar-refractivity contribution in [3.63, 3.8) is 0 Å². The molecule has 2 fully saturated rings. The molecule has 4 heterocycles. The predicted octanol–water partition coefficient (Wildman–Crippen LogP) is 3.93. The van der Waals surface area contributed by atoms with Gasteiger partial charge in [0.15, 0.2) is 0 Å². The Balaban J connectivity index is 0.000000454. The van der Waals surface area contributed by atoms with Crippen LogP contribution in [0.1, 0.15) is 48.4 Å². The van der Waals surface area contributed by atoms with E-state index in [9.17, 15) is 18.0 Å². The van der Waals surface area contributed by atoms with Gasteiger partial charge >= 0.3 is 12.1 Å². The zero-order chi connectivity index (χ0) is 26.7. The van der Waals surface area contributed by atoms with Crippen LogP contribution in [0.2, 0.25) is 0 Å². The molecule has 2 aliphatic heterocycles. The van der Waals surface area contributed by atoms with Crippen molar-refractivity contribution in [2.24, 2.45) is 5.41 Å². The number of imidazole rings is 1. The van der Waals surface area contributed by atoms with Gasteiger partial charge in [-0.2, -0.15) is 13.2 Å². The summed E-state index contributed by atoms with van der Waals surface area (Å²) in [5.41, 5.74) is 2.04. The number of thiophene rings is 1. The Morgan fingerprint density at radius 3 is 2.61 bits per heavy atom. The molecule has 2 aromatic heterocycles. The van der Waals surface area contributed by atoms with E-state index in [4.69, 9.17) is 19.6 Å². The van der Waals surface area contributed by atoms with Crippen molar-refractivity contribution in [2.75, 3.05) is 39.9 Å². The second kappa shape index (κ2) is 11.3. The number of carboxylic acids is 1. The van der Waals surface area contributed by atoms with Crippen molar-refractivity contribution >= 4 is 23.2 Å². The summed E-state index contributed by atoms with van der Waals surface area (Å²) in [5.74, 6) is -2.33. The number of carbonyl (C=O) groups excluding carboxylic acids is 1. The van der Waals surface area contributed by atoms with E-state index < -0.39 is 12.1 Å². The van der Waals surface area contributed by atoms with E-state index in [0.29, 0.717) is 19.2 Å². The number of nitrogens with zero attached hydrogens (tertiary/aromatic N) is 4. The van der Waals surface area contributed by atoms with Crippen LogP contribution in [0.5, 0.6) is 0 Å². The molecule has 4 rings (SSSR count). The lowest BCUT2D eigenvalue weighted by molar-refractivity contribution is -0.192. The van der Waals surface area contributed by atoms with Crippen molar-refractivity contribution in [3.8, 4) is 0 Å². The van der Waals surface area contributed by atoms with Crippen molar-refractivity contribution in [3.05, 3.63) is 40.1 Å². The van der Waals surface area contributed by atoms with Gasteiger partial charge in [-0.3, -0.25) is 9.69 Å². The van der Waals surface area contributed by atoms with Crippen LogP contribution in [-0.2, 0) is 20.9 Å². The zero-order valence-corrected chi connectivity index (χ0v) is 21.7. The van der Waals surface area contributed by atoms with Crippen molar-refractivity contribution in [1.82, 2.24) is 19.4 Å². The number of ether oxygens (including phenoxy) is 1. The van der Waals surface area contributed by atoms with Gasteiger partial charge in [-0.25, -0.2) is 9.78 Å². The molecular weight excluding hydrogens is 497 g/mol. The zero-order valence-electron chi connectivity index (χ0n) is 20.9. The number of methoxy groups -OCH3 is 1. The molecule has 36 heavy (non-hydrogen) atoms. The third-order valence-corrected chi connectivity index (χ3v) is 7.88. The van der Waals surface area contributed by atoms with Gasteiger partial charge in [0.1, 0.15) is 0 Å². The number of halogens is 3. The quantitative estimate of drug-likeness (QED) is 0.584. The summed E-state index contributed by atoms with van der Waals surface area (Å²) in [6.07, 6.45) is -0.112. The number of aromatic nitrogens is 2. The summed E-state index contributed by atoms with van der Waals surface area (Å²) in [6, 6.07) is 2.55. The van der Waals surface area contributed by atoms with Gasteiger partial charge < -0.3 is 19.3 Å². The third-order valence-electron chi connectivity index (χ3n) is 6.87. The molecule has 8 nitrogen and oxygen atoms in total. The number of alkyl halides is 3. The van der Waals surface area contributed by atoms with Gasteiger partial charge in [0, 0.05) is 62.9 Å². The highest BCUT2D eigenvalue weighted by atomic mass is 32.1.